The Balaban J connectivity index is 1.85. The Bertz CT molecular complexity index is 1560. The van der Waals surface area contributed by atoms with Crippen molar-refractivity contribution >= 4 is 53.4 Å². The smallest absolute Gasteiger partial charge is 0.134 e. The van der Waals surface area contributed by atoms with E-state index < -0.39 is 11.5 Å². The number of rotatable bonds is 7. The van der Waals surface area contributed by atoms with Crippen LogP contribution >= 0.6 is 31.9 Å². The van der Waals surface area contributed by atoms with Gasteiger partial charge in [-0.2, -0.15) is 0 Å². The lowest BCUT2D eigenvalue weighted by atomic mass is 9.70. The molecule has 2 N–H and O–H groups in total. The fourth-order valence-corrected chi connectivity index (χ4v) is 6.32. The lowest BCUT2D eigenvalue weighted by Gasteiger charge is -2.39. The summed E-state index contributed by atoms with van der Waals surface area (Å²) in [4.78, 5) is 2.09. The number of benzene rings is 5. The molecule has 0 heterocycles. The molecule has 0 aliphatic rings. The number of phenolic OH excluding ortho intramolecular Hbond substituents is 1. The number of aromatic hydroxyl groups is 1. The summed E-state index contributed by atoms with van der Waals surface area (Å²) in [6.07, 6.45) is 0.473. The molecule has 0 spiro atoms. The molecule has 0 saturated carbocycles. The lowest BCUT2D eigenvalue weighted by Crippen LogP contribution is -2.37. The van der Waals surface area contributed by atoms with Gasteiger partial charge < -0.3 is 15.1 Å². The zero-order valence-electron chi connectivity index (χ0n) is 20.8. The Morgan fingerprint density at radius 3 is 2.24 bits per heavy atom. The Hall–Kier alpha value is -2.70. The van der Waals surface area contributed by atoms with Crippen LogP contribution in [0.1, 0.15) is 29.0 Å². The van der Waals surface area contributed by atoms with Crippen molar-refractivity contribution in [2.45, 2.75) is 17.9 Å². The molecular weight excluding hydrogens is 590 g/mol. The molecule has 0 amide bonds. The Labute approximate surface area is 234 Å². The fourth-order valence-electron chi connectivity index (χ4n) is 5.35. The molecule has 5 heteroatoms. The van der Waals surface area contributed by atoms with Crippen molar-refractivity contribution < 1.29 is 10.2 Å². The number of fused-ring (bicyclic) bond motifs is 2. The number of hydrogen-bond donors (Lipinski definition) is 2. The Kier molecular flexibility index (Phi) is 7.42. The van der Waals surface area contributed by atoms with Crippen molar-refractivity contribution in [2.75, 3.05) is 20.6 Å². The zero-order valence-corrected chi connectivity index (χ0v) is 24.0. The highest BCUT2D eigenvalue weighted by atomic mass is 79.9. The Morgan fingerprint density at radius 2 is 1.49 bits per heavy atom. The van der Waals surface area contributed by atoms with Crippen molar-refractivity contribution in [1.29, 1.82) is 0 Å². The van der Waals surface area contributed by atoms with Gasteiger partial charge in [-0.25, -0.2) is 0 Å². The molecular formula is C32H29Br2NO2. The van der Waals surface area contributed by atoms with E-state index in [2.05, 4.69) is 55.0 Å². The van der Waals surface area contributed by atoms with Crippen molar-refractivity contribution in [3.8, 4) is 5.75 Å². The minimum Gasteiger partial charge on any atom is -0.506 e. The molecule has 5 aromatic rings. The summed E-state index contributed by atoms with van der Waals surface area (Å²) in [5.74, 6) is -0.383. The van der Waals surface area contributed by atoms with Gasteiger partial charge in [0, 0.05) is 22.5 Å². The molecule has 3 nitrogen and oxygen atoms in total. The first-order chi connectivity index (χ1) is 17.8. The summed E-state index contributed by atoms with van der Waals surface area (Å²) in [5.41, 5.74) is 1.15. The van der Waals surface area contributed by atoms with Crippen LogP contribution in [0.5, 0.6) is 5.75 Å². The normalized spacial score (nSPS) is 14.2. The third-order valence-corrected chi connectivity index (χ3v) is 8.46. The second kappa shape index (κ2) is 10.6. The number of phenols is 1. The van der Waals surface area contributed by atoms with E-state index in [1.807, 2.05) is 93.0 Å². The van der Waals surface area contributed by atoms with Crippen LogP contribution in [0.15, 0.2) is 106 Å². The molecule has 37 heavy (non-hydrogen) atoms. The monoisotopic (exact) mass is 617 g/mol. The van der Waals surface area contributed by atoms with E-state index in [1.54, 1.807) is 0 Å². The highest BCUT2D eigenvalue weighted by Gasteiger charge is 2.43. The highest BCUT2D eigenvalue weighted by molar-refractivity contribution is 9.11. The van der Waals surface area contributed by atoms with Gasteiger partial charge in [0.15, 0.2) is 0 Å². The average molecular weight is 619 g/mol. The van der Waals surface area contributed by atoms with E-state index in [9.17, 15) is 10.2 Å². The van der Waals surface area contributed by atoms with Crippen LogP contribution in [0.4, 0.5) is 0 Å². The maximum Gasteiger partial charge on any atom is 0.134 e. The molecule has 188 valence electrons. The summed E-state index contributed by atoms with van der Waals surface area (Å²) >= 11 is 7.26. The summed E-state index contributed by atoms with van der Waals surface area (Å²) in [6.45, 7) is 0.671. The van der Waals surface area contributed by atoms with E-state index in [0.29, 0.717) is 23.0 Å². The molecule has 5 aromatic carbocycles. The predicted molar refractivity (Wildman–Crippen MR) is 160 cm³/mol. The van der Waals surface area contributed by atoms with Gasteiger partial charge in [0.1, 0.15) is 11.4 Å². The zero-order chi connectivity index (χ0) is 26.2. The first-order valence-corrected chi connectivity index (χ1v) is 13.9. The van der Waals surface area contributed by atoms with E-state index in [-0.39, 0.29) is 5.75 Å². The van der Waals surface area contributed by atoms with Crippen LogP contribution in [-0.4, -0.2) is 35.8 Å². The second-order valence-electron chi connectivity index (χ2n) is 9.84. The molecule has 2 atom stereocenters. The second-order valence-corrected chi connectivity index (χ2v) is 11.6. The topological polar surface area (TPSA) is 43.7 Å². The van der Waals surface area contributed by atoms with Gasteiger partial charge in [-0.15, -0.1) is 0 Å². The van der Waals surface area contributed by atoms with Gasteiger partial charge in [0.05, 0.1) is 4.47 Å². The largest absolute Gasteiger partial charge is 0.506 e. The maximum absolute atomic E-state index is 13.0. The van der Waals surface area contributed by atoms with Crippen molar-refractivity contribution in [3.05, 3.63) is 123 Å². The summed E-state index contributed by atoms with van der Waals surface area (Å²) < 4.78 is 1.58. The fraction of sp³-hybridized carbons (Fsp3) is 0.188. The quantitative estimate of drug-likeness (QED) is 0.193. The van der Waals surface area contributed by atoms with Gasteiger partial charge in [-0.1, -0.05) is 94.8 Å². The van der Waals surface area contributed by atoms with Crippen LogP contribution in [0.2, 0.25) is 0 Å². The van der Waals surface area contributed by atoms with Gasteiger partial charge in [0.2, 0.25) is 0 Å². The first-order valence-electron chi connectivity index (χ1n) is 12.3. The van der Waals surface area contributed by atoms with Gasteiger partial charge in [-0.05, 0) is 87.3 Å². The van der Waals surface area contributed by atoms with E-state index >= 15 is 0 Å². The molecule has 0 bridgehead atoms. The van der Waals surface area contributed by atoms with Crippen LogP contribution < -0.4 is 0 Å². The van der Waals surface area contributed by atoms with Crippen LogP contribution in [-0.2, 0) is 5.60 Å². The third kappa shape index (κ3) is 4.94. The van der Waals surface area contributed by atoms with E-state index in [0.717, 1.165) is 37.1 Å². The molecule has 0 saturated heterocycles. The molecule has 2 unspecified atom stereocenters. The minimum absolute atomic E-state index is 0.146. The number of hydrogen-bond acceptors (Lipinski definition) is 3. The van der Waals surface area contributed by atoms with Crippen LogP contribution in [0.25, 0.3) is 21.5 Å². The standard InChI is InChI=1S/C32H29Br2NO2/c1-35(2)18-17-32(37,28-14-8-12-21-9-6-7-13-25(21)28)29(22-10-4-3-5-11-22)27-20-23-19-24(33)15-16-26(23)30(34)31(27)36/h3-16,19-20,29,36-37H,17-18H2,1-2H3. The van der Waals surface area contributed by atoms with Crippen molar-refractivity contribution in [3.63, 3.8) is 0 Å². The first kappa shape index (κ1) is 25.9. The maximum atomic E-state index is 13.0. The van der Waals surface area contributed by atoms with Crippen molar-refractivity contribution in [2.24, 2.45) is 0 Å². The number of halogens is 2. The van der Waals surface area contributed by atoms with Gasteiger partial charge >= 0.3 is 0 Å². The minimum atomic E-state index is -1.32. The summed E-state index contributed by atoms with van der Waals surface area (Å²) in [6, 6.07) is 32.3. The summed E-state index contributed by atoms with van der Waals surface area (Å²) in [5, 5.41) is 28.6. The highest BCUT2D eigenvalue weighted by Crippen LogP contribution is 2.51. The van der Waals surface area contributed by atoms with E-state index in [1.165, 1.54) is 0 Å². The van der Waals surface area contributed by atoms with Gasteiger partial charge in [0.25, 0.3) is 0 Å². The number of aliphatic hydroxyl groups is 1. The molecule has 0 fully saturated rings. The molecule has 0 radical (unpaired) electrons. The Morgan fingerprint density at radius 1 is 0.784 bits per heavy atom. The molecule has 0 aliphatic heterocycles. The van der Waals surface area contributed by atoms with Crippen molar-refractivity contribution in [1.82, 2.24) is 4.90 Å². The predicted octanol–water partition coefficient (Wildman–Crippen LogP) is 8.20. The summed E-state index contributed by atoms with van der Waals surface area (Å²) in [7, 11) is 4.03. The molecule has 0 aromatic heterocycles. The van der Waals surface area contributed by atoms with Gasteiger partial charge in [-0.3, -0.25) is 0 Å². The molecule has 0 aliphatic carbocycles. The molecule has 5 rings (SSSR count). The van der Waals surface area contributed by atoms with Crippen LogP contribution in [0.3, 0.4) is 0 Å². The average Bonchev–Trinajstić information content (AvgIpc) is 2.90. The SMILES string of the molecule is CN(C)CCC(O)(c1cccc2ccccc12)C(c1ccccc1)c1cc2cc(Br)ccc2c(Br)c1O. The van der Waals surface area contributed by atoms with E-state index in [4.69, 9.17) is 0 Å². The number of nitrogens with zero attached hydrogens (tertiary/aromatic N) is 1. The lowest BCUT2D eigenvalue weighted by molar-refractivity contribution is 0.00531. The third-order valence-electron chi connectivity index (χ3n) is 7.16. The van der Waals surface area contributed by atoms with Crippen LogP contribution in [0, 0.1) is 0 Å².